The summed E-state index contributed by atoms with van der Waals surface area (Å²) in [6.07, 6.45) is 2.28. The first-order valence-corrected chi connectivity index (χ1v) is 9.76. The van der Waals surface area contributed by atoms with Crippen molar-refractivity contribution in [1.29, 1.82) is 0 Å². The number of nitrogens with one attached hydrogen (secondary N) is 1. The van der Waals surface area contributed by atoms with Crippen LogP contribution in [-0.2, 0) is 4.79 Å². The van der Waals surface area contributed by atoms with Crippen LogP contribution in [0.3, 0.4) is 0 Å². The normalized spacial score (nSPS) is 14.6. The summed E-state index contributed by atoms with van der Waals surface area (Å²) in [5, 5.41) is 2.92. The van der Waals surface area contributed by atoms with E-state index in [-0.39, 0.29) is 5.91 Å². The van der Waals surface area contributed by atoms with Crippen molar-refractivity contribution in [1.82, 2.24) is 4.98 Å². The van der Waals surface area contributed by atoms with Gasteiger partial charge in [0, 0.05) is 38.3 Å². The molecular formula is C22H30N4O. The zero-order valence-corrected chi connectivity index (χ0v) is 16.8. The quantitative estimate of drug-likeness (QED) is 0.869. The molecule has 1 saturated heterocycles. The molecule has 5 nitrogen and oxygen atoms in total. The molecule has 1 aliphatic heterocycles. The van der Waals surface area contributed by atoms with Crippen molar-refractivity contribution in [3.63, 3.8) is 0 Å². The first-order valence-electron chi connectivity index (χ1n) is 9.76. The number of pyridine rings is 1. The Labute approximate surface area is 162 Å². The lowest BCUT2D eigenvalue weighted by Gasteiger charge is -2.37. The highest BCUT2D eigenvalue weighted by Crippen LogP contribution is 2.25. The number of carbonyl (C=O) groups is 1. The average molecular weight is 367 g/mol. The Morgan fingerprint density at radius 1 is 1.07 bits per heavy atom. The first-order chi connectivity index (χ1) is 12.9. The van der Waals surface area contributed by atoms with Gasteiger partial charge in [-0.2, -0.15) is 0 Å². The lowest BCUT2D eigenvalue weighted by atomic mass is 10.1. The summed E-state index contributed by atoms with van der Waals surface area (Å²) in [4.78, 5) is 21.2. The molecule has 144 valence electrons. The molecule has 0 atom stereocenters. The Balaban J connectivity index is 1.58. The van der Waals surface area contributed by atoms with E-state index in [2.05, 4.69) is 52.1 Å². The standard InChI is InChI=1S/C22H30N4O/c1-16(2)14-22(27)24-19-8-9-21(23-15-19)26-12-10-25(11-13-26)20-7-5-6-17(3)18(20)4/h5-9,15-16H,10-14H2,1-4H3,(H,24,27). The zero-order chi connectivity index (χ0) is 19.4. The molecule has 1 aliphatic rings. The number of aryl methyl sites for hydroxylation is 1. The molecule has 1 fully saturated rings. The van der Waals surface area contributed by atoms with Crippen LogP contribution >= 0.6 is 0 Å². The third-order valence-corrected chi connectivity index (χ3v) is 5.15. The third kappa shape index (κ3) is 4.79. The molecule has 0 unspecified atom stereocenters. The van der Waals surface area contributed by atoms with E-state index in [0.29, 0.717) is 12.3 Å². The van der Waals surface area contributed by atoms with E-state index in [1.54, 1.807) is 6.20 Å². The molecule has 0 spiro atoms. The lowest BCUT2D eigenvalue weighted by molar-refractivity contribution is -0.116. The Kier molecular flexibility index (Phi) is 5.99. The van der Waals surface area contributed by atoms with Crippen LogP contribution in [0.5, 0.6) is 0 Å². The van der Waals surface area contributed by atoms with Crippen LogP contribution in [0.15, 0.2) is 36.5 Å². The summed E-state index contributed by atoms with van der Waals surface area (Å²) in [5.41, 5.74) is 4.81. The van der Waals surface area contributed by atoms with Gasteiger partial charge in [0.25, 0.3) is 0 Å². The highest BCUT2D eigenvalue weighted by Gasteiger charge is 2.19. The predicted molar refractivity (Wildman–Crippen MR) is 113 cm³/mol. The molecule has 1 aromatic heterocycles. The maximum atomic E-state index is 11.9. The van der Waals surface area contributed by atoms with E-state index < -0.39 is 0 Å². The van der Waals surface area contributed by atoms with Gasteiger partial charge in [0.15, 0.2) is 0 Å². The Morgan fingerprint density at radius 2 is 1.78 bits per heavy atom. The van der Waals surface area contributed by atoms with E-state index in [1.165, 1.54) is 16.8 Å². The number of carbonyl (C=O) groups excluding carboxylic acids is 1. The van der Waals surface area contributed by atoms with Gasteiger partial charge < -0.3 is 15.1 Å². The van der Waals surface area contributed by atoms with Gasteiger partial charge in [0.1, 0.15) is 5.82 Å². The van der Waals surface area contributed by atoms with Crippen LogP contribution in [0.1, 0.15) is 31.4 Å². The molecule has 1 aromatic carbocycles. The van der Waals surface area contributed by atoms with Crippen molar-refractivity contribution >= 4 is 23.1 Å². The van der Waals surface area contributed by atoms with Crippen LogP contribution in [0.4, 0.5) is 17.2 Å². The summed E-state index contributed by atoms with van der Waals surface area (Å²) >= 11 is 0. The monoisotopic (exact) mass is 366 g/mol. The van der Waals surface area contributed by atoms with Gasteiger partial charge in [0.2, 0.25) is 5.91 Å². The fourth-order valence-corrected chi connectivity index (χ4v) is 3.48. The largest absolute Gasteiger partial charge is 0.368 e. The molecular weight excluding hydrogens is 336 g/mol. The van der Waals surface area contributed by atoms with Crippen molar-refractivity contribution in [2.75, 3.05) is 41.3 Å². The second-order valence-corrected chi connectivity index (χ2v) is 7.74. The van der Waals surface area contributed by atoms with E-state index >= 15 is 0 Å². The maximum absolute atomic E-state index is 11.9. The van der Waals surface area contributed by atoms with Gasteiger partial charge in [-0.3, -0.25) is 4.79 Å². The highest BCUT2D eigenvalue weighted by molar-refractivity contribution is 5.90. The number of piperazine rings is 1. The van der Waals surface area contributed by atoms with Gasteiger partial charge in [-0.1, -0.05) is 26.0 Å². The molecule has 0 aliphatic carbocycles. The molecule has 2 heterocycles. The number of hydrogen-bond acceptors (Lipinski definition) is 4. The van der Waals surface area contributed by atoms with E-state index in [1.807, 2.05) is 26.0 Å². The molecule has 3 rings (SSSR count). The molecule has 27 heavy (non-hydrogen) atoms. The van der Waals surface area contributed by atoms with Crippen molar-refractivity contribution in [3.8, 4) is 0 Å². The van der Waals surface area contributed by atoms with Gasteiger partial charge in [-0.15, -0.1) is 0 Å². The number of benzene rings is 1. The van der Waals surface area contributed by atoms with Crippen LogP contribution in [0, 0.1) is 19.8 Å². The smallest absolute Gasteiger partial charge is 0.224 e. The number of aromatic nitrogens is 1. The van der Waals surface area contributed by atoms with Crippen LogP contribution < -0.4 is 15.1 Å². The Hall–Kier alpha value is -2.56. The fraction of sp³-hybridized carbons (Fsp3) is 0.455. The topological polar surface area (TPSA) is 48.5 Å². The van der Waals surface area contributed by atoms with Crippen molar-refractivity contribution < 1.29 is 4.79 Å². The summed E-state index contributed by atoms with van der Waals surface area (Å²) < 4.78 is 0. The van der Waals surface area contributed by atoms with Crippen LogP contribution in [0.2, 0.25) is 0 Å². The van der Waals surface area contributed by atoms with Crippen LogP contribution in [-0.4, -0.2) is 37.1 Å². The summed E-state index contributed by atoms with van der Waals surface area (Å²) in [6, 6.07) is 10.5. The SMILES string of the molecule is Cc1cccc(N2CCN(c3ccc(NC(=O)CC(C)C)cn3)CC2)c1C. The summed E-state index contributed by atoms with van der Waals surface area (Å²) in [5.74, 6) is 1.37. The first kappa shape index (κ1) is 19.2. The number of amides is 1. The minimum atomic E-state index is 0.0432. The van der Waals surface area contributed by atoms with Gasteiger partial charge >= 0.3 is 0 Å². The fourth-order valence-electron chi connectivity index (χ4n) is 3.48. The van der Waals surface area contributed by atoms with Crippen LogP contribution in [0.25, 0.3) is 0 Å². The van der Waals surface area contributed by atoms with E-state index in [0.717, 1.165) is 37.7 Å². The van der Waals surface area contributed by atoms with Gasteiger partial charge in [-0.25, -0.2) is 4.98 Å². The minimum Gasteiger partial charge on any atom is -0.368 e. The predicted octanol–water partition coefficient (Wildman–Crippen LogP) is 4.01. The molecule has 0 saturated carbocycles. The van der Waals surface area contributed by atoms with Crippen molar-refractivity contribution in [2.45, 2.75) is 34.1 Å². The summed E-state index contributed by atoms with van der Waals surface area (Å²) in [7, 11) is 0. The number of nitrogens with zero attached hydrogens (tertiary/aromatic N) is 3. The molecule has 1 amide bonds. The average Bonchev–Trinajstić information content (AvgIpc) is 2.64. The number of anilines is 3. The van der Waals surface area contributed by atoms with Gasteiger partial charge in [-0.05, 0) is 49.1 Å². The van der Waals surface area contributed by atoms with Crippen molar-refractivity contribution in [2.24, 2.45) is 5.92 Å². The molecule has 0 radical (unpaired) electrons. The minimum absolute atomic E-state index is 0.0432. The third-order valence-electron chi connectivity index (χ3n) is 5.15. The number of rotatable bonds is 5. The Bertz CT molecular complexity index is 777. The van der Waals surface area contributed by atoms with E-state index in [4.69, 9.17) is 0 Å². The van der Waals surface area contributed by atoms with E-state index in [9.17, 15) is 4.79 Å². The second-order valence-electron chi connectivity index (χ2n) is 7.74. The van der Waals surface area contributed by atoms with Crippen molar-refractivity contribution in [3.05, 3.63) is 47.7 Å². The maximum Gasteiger partial charge on any atom is 0.224 e. The molecule has 1 N–H and O–H groups in total. The highest BCUT2D eigenvalue weighted by atomic mass is 16.1. The van der Waals surface area contributed by atoms with Gasteiger partial charge in [0.05, 0.1) is 11.9 Å². The molecule has 5 heteroatoms. The summed E-state index contributed by atoms with van der Waals surface area (Å²) in [6.45, 7) is 12.3. The molecule has 0 bridgehead atoms. The Morgan fingerprint density at radius 3 is 2.41 bits per heavy atom. The second kappa shape index (κ2) is 8.42. The zero-order valence-electron chi connectivity index (χ0n) is 16.8. The molecule has 2 aromatic rings. The lowest BCUT2D eigenvalue weighted by Crippen LogP contribution is -2.47. The number of hydrogen-bond donors (Lipinski definition) is 1.